The van der Waals surface area contributed by atoms with E-state index in [2.05, 4.69) is 5.32 Å². The lowest BCUT2D eigenvalue weighted by Crippen LogP contribution is -2.32. The van der Waals surface area contributed by atoms with Crippen LogP contribution in [0, 0.1) is 5.41 Å². The molecule has 1 heterocycles. The van der Waals surface area contributed by atoms with E-state index in [0.717, 1.165) is 6.54 Å². The third kappa shape index (κ3) is 1.09. The van der Waals surface area contributed by atoms with Gasteiger partial charge < -0.3 is 10.1 Å². The first-order chi connectivity index (χ1) is 5.37. The second-order valence-corrected chi connectivity index (χ2v) is 3.92. The summed E-state index contributed by atoms with van der Waals surface area (Å²) in [6, 6.07) is 0. The molecule has 1 unspecified atom stereocenters. The van der Waals surface area contributed by atoms with Gasteiger partial charge in [0.25, 0.3) is 0 Å². The van der Waals surface area contributed by atoms with E-state index in [1.165, 1.54) is 32.2 Å². The van der Waals surface area contributed by atoms with Crippen LogP contribution in [-0.4, -0.2) is 26.3 Å². The van der Waals surface area contributed by atoms with E-state index in [9.17, 15) is 0 Å². The van der Waals surface area contributed by atoms with Crippen molar-refractivity contribution in [1.29, 1.82) is 0 Å². The maximum Gasteiger partial charge on any atom is 0.0763 e. The lowest BCUT2D eigenvalue weighted by Gasteiger charge is -2.28. The molecule has 2 rings (SSSR count). The fraction of sp³-hybridized carbons (Fsp3) is 1.00. The Morgan fingerprint density at radius 2 is 2.09 bits per heavy atom. The van der Waals surface area contributed by atoms with E-state index < -0.39 is 0 Å². The van der Waals surface area contributed by atoms with Gasteiger partial charge in [-0.2, -0.15) is 0 Å². The molecule has 0 amide bonds. The van der Waals surface area contributed by atoms with Crippen LogP contribution in [0.4, 0.5) is 0 Å². The van der Waals surface area contributed by atoms with E-state index in [-0.39, 0.29) is 0 Å². The van der Waals surface area contributed by atoms with Crippen molar-refractivity contribution < 1.29 is 4.74 Å². The van der Waals surface area contributed by atoms with Crippen molar-refractivity contribution in [3.63, 3.8) is 0 Å². The molecule has 1 atom stereocenters. The normalized spacial score (nSPS) is 35.2. The minimum atomic E-state index is 0.491. The standard InChI is InChI=1S/C9H17NO/c1-11-8-6-10-7-9(8)4-2-3-5-9/h8,10H,2-7H2,1H3. The van der Waals surface area contributed by atoms with Crippen LogP contribution in [-0.2, 0) is 4.74 Å². The molecule has 0 aromatic heterocycles. The van der Waals surface area contributed by atoms with Crippen molar-refractivity contribution in [3.05, 3.63) is 0 Å². The van der Waals surface area contributed by atoms with Crippen LogP contribution in [0.3, 0.4) is 0 Å². The maximum atomic E-state index is 5.49. The smallest absolute Gasteiger partial charge is 0.0763 e. The summed E-state index contributed by atoms with van der Waals surface area (Å²) in [5.41, 5.74) is 0.523. The SMILES string of the molecule is COC1CNCC12CCCC2. The fourth-order valence-electron chi connectivity index (χ4n) is 2.69. The Balaban J connectivity index is 2.09. The first-order valence-electron chi connectivity index (χ1n) is 4.61. The van der Waals surface area contributed by atoms with Crippen LogP contribution in [0.15, 0.2) is 0 Å². The lowest BCUT2D eigenvalue weighted by molar-refractivity contribution is 0.0280. The van der Waals surface area contributed by atoms with Gasteiger partial charge >= 0.3 is 0 Å². The minimum absolute atomic E-state index is 0.491. The summed E-state index contributed by atoms with van der Waals surface area (Å²) in [6.45, 7) is 2.25. The van der Waals surface area contributed by atoms with E-state index >= 15 is 0 Å². The van der Waals surface area contributed by atoms with Gasteiger partial charge in [-0.1, -0.05) is 12.8 Å². The monoisotopic (exact) mass is 155 g/mol. The molecular formula is C9H17NO. The molecule has 1 aliphatic carbocycles. The summed E-state index contributed by atoms with van der Waals surface area (Å²) >= 11 is 0. The lowest BCUT2D eigenvalue weighted by atomic mass is 9.83. The Kier molecular flexibility index (Phi) is 1.90. The molecule has 1 saturated heterocycles. The Labute approximate surface area is 68.3 Å². The topological polar surface area (TPSA) is 21.3 Å². The summed E-state index contributed by atoms with van der Waals surface area (Å²) in [6.07, 6.45) is 6.05. The molecule has 11 heavy (non-hydrogen) atoms. The summed E-state index contributed by atoms with van der Waals surface area (Å²) < 4.78 is 5.49. The summed E-state index contributed by atoms with van der Waals surface area (Å²) in [7, 11) is 1.84. The molecule has 0 aromatic rings. The summed E-state index contributed by atoms with van der Waals surface area (Å²) in [4.78, 5) is 0. The van der Waals surface area contributed by atoms with Crippen molar-refractivity contribution in [2.45, 2.75) is 31.8 Å². The number of rotatable bonds is 1. The van der Waals surface area contributed by atoms with Crippen LogP contribution in [0.5, 0.6) is 0 Å². The predicted octanol–water partition coefficient (Wildman–Crippen LogP) is 1.16. The predicted molar refractivity (Wildman–Crippen MR) is 44.6 cm³/mol. The quantitative estimate of drug-likeness (QED) is 0.613. The first kappa shape index (κ1) is 7.56. The van der Waals surface area contributed by atoms with Crippen molar-refractivity contribution in [1.82, 2.24) is 5.32 Å². The van der Waals surface area contributed by atoms with Gasteiger partial charge in [-0.3, -0.25) is 0 Å². The molecule has 1 spiro atoms. The van der Waals surface area contributed by atoms with Crippen molar-refractivity contribution in [2.75, 3.05) is 20.2 Å². The minimum Gasteiger partial charge on any atom is -0.380 e. The third-order valence-corrected chi connectivity index (χ3v) is 3.37. The molecule has 2 heteroatoms. The highest BCUT2D eigenvalue weighted by Crippen LogP contribution is 2.43. The Morgan fingerprint density at radius 3 is 2.73 bits per heavy atom. The van der Waals surface area contributed by atoms with Gasteiger partial charge in [0.1, 0.15) is 0 Å². The third-order valence-electron chi connectivity index (χ3n) is 3.37. The molecule has 0 radical (unpaired) electrons. The zero-order valence-corrected chi connectivity index (χ0v) is 7.23. The molecule has 1 saturated carbocycles. The highest BCUT2D eigenvalue weighted by atomic mass is 16.5. The first-order valence-corrected chi connectivity index (χ1v) is 4.61. The number of hydrogen-bond donors (Lipinski definition) is 1. The summed E-state index contributed by atoms with van der Waals surface area (Å²) in [5, 5.41) is 3.43. The van der Waals surface area contributed by atoms with Gasteiger partial charge in [0, 0.05) is 25.6 Å². The van der Waals surface area contributed by atoms with E-state index in [0.29, 0.717) is 11.5 Å². The molecule has 2 fully saturated rings. The van der Waals surface area contributed by atoms with Gasteiger partial charge in [-0.05, 0) is 12.8 Å². The number of methoxy groups -OCH3 is 1. The van der Waals surface area contributed by atoms with Gasteiger partial charge in [-0.15, -0.1) is 0 Å². The van der Waals surface area contributed by atoms with Crippen LogP contribution in [0.2, 0.25) is 0 Å². The second kappa shape index (κ2) is 2.76. The molecule has 0 aromatic carbocycles. The molecule has 0 bridgehead atoms. The molecule has 2 nitrogen and oxygen atoms in total. The fourth-order valence-corrected chi connectivity index (χ4v) is 2.69. The van der Waals surface area contributed by atoms with Crippen molar-refractivity contribution in [2.24, 2.45) is 5.41 Å². The molecule has 64 valence electrons. The molecule has 1 aliphatic heterocycles. The zero-order valence-electron chi connectivity index (χ0n) is 7.23. The van der Waals surface area contributed by atoms with Gasteiger partial charge in [0.2, 0.25) is 0 Å². The van der Waals surface area contributed by atoms with Crippen LogP contribution >= 0.6 is 0 Å². The van der Waals surface area contributed by atoms with Crippen LogP contribution in [0.1, 0.15) is 25.7 Å². The highest BCUT2D eigenvalue weighted by Gasteiger charge is 2.44. The largest absolute Gasteiger partial charge is 0.380 e. The molecule has 1 N–H and O–H groups in total. The number of nitrogens with one attached hydrogen (secondary N) is 1. The van der Waals surface area contributed by atoms with Crippen molar-refractivity contribution in [3.8, 4) is 0 Å². The molecule has 2 aliphatic rings. The average molecular weight is 155 g/mol. The van der Waals surface area contributed by atoms with Crippen LogP contribution < -0.4 is 5.32 Å². The van der Waals surface area contributed by atoms with Crippen molar-refractivity contribution >= 4 is 0 Å². The van der Waals surface area contributed by atoms with Gasteiger partial charge in [0.05, 0.1) is 6.10 Å². The van der Waals surface area contributed by atoms with Gasteiger partial charge in [0.15, 0.2) is 0 Å². The summed E-state index contributed by atoms with van der Waals surface area (Å²) in [5.74, 6) is 0. The Morgan fingerprint density at radius 1 is 1.36 bits per heavy atom. The number of hydrogen-bond acceptors (Lipinski definition) is 2. The zero-order chi connectivity index (χ0) is 7.73. The Hall–Kier alpha value is -0.0800. The molecular weight excluding hydrogens is 138 g/mol. The van der Waals surface area contributed by atoms with E-state index in [4.69, 9.17) is 4.74 Å². The average Bonchev–Trinajstić information content (AvgIpc) is 2.62. The Bertz CT molecular complexity index is 135. The second-order valence-electron chi connectivity index (χ2n) is 3.92. The maximum absolute atomic E-state index is 5.49. The number of ether oxygens (including phenoxy) is 1. The van der Waals surface area contributed by atoms with E-state index in [1.54, 1.807) is 0 Å². The van der Waals surface area contributed by atoms with Gasteiger partial charge in [-0.25, -0.2) is 0 Å². The van der Waals surface area contributed by atoms with Crippen LogP contribution in [0.25, 0.3) is 0 Å². The highest BCUT2D eigenvalue weighted by molar-refractivity contribution is 4.98. The van der Waals surface area contributed by atoms with E-state index in [1.807, 2.05) is 7.11 Å².